The van der Waals surface area contributed by atoms with Crippen LogP contribution in [0.2, 0.25) is 0 Å². The van der Waals surface area contributed by atoms with Crippen LogP contribution in [0.5, 0.6) is 11.5 Å². The Labute approximate surface area is 249 Å². The van der Waals surface area contributed by atoms with Crippen LogP contribution in [-0.4, -0.2) is 64.2 Å². The van der Waals surface area contributed by atoms with Crippen LogP contribution in [-0.2, 0) is 32.6 Å². The van der Waals surface area contributed by atoms with E-state index in [4.69, 9.17) is 9.47 Å². The van der Waals surface area contributed by atoms with Crippen molar-refractivity contribution in [2.75, 3.05) is 37.4 Å². The molecule has 1 N–H and O–H groups in total. The largest absolute Gasteiger partial charge is 0.497 e. The summed E-state index contributed by atoms with van der Waals surface area (Å²) in [6, 6.07) is 22.3. The van der Waals surface area contributed by atoms with Crippen molar-refractivity contribution >= 4 is 27.5 Å². The first-order chi connectivity index (χ1) is 20.0. The Bertz CT molecular complexity index is 1410. The van der Waals surface area contributed by atoms with Crippen LogP contribution in [0.3, 0.4) is 0 Å². The summed E-state index contributed by atoms with van der Waals surface area (Å²) < 4.78 is 37.8. The van der Waals surface area contributed by atoms with Gasteiger partial charge in [0.2, 0.25) is 21.8 Å². The van der Waals surface area contributed by atoms with Gasteiger partial charge in [-0.2, -0.15) is 0 Å². The summed E-state index contributed by atoms with van der Waals surface area (Å²) in [4.78, 5) is 29.3. The molecule has 0 bridgehead atoms. The number of amides is 2. The summed E-state index contributed by atoms with van der Waals surface area (Å²) in [7, 11) is -2.30. The van der Waals surface area contributed by atoms with Crippen LogP contribution >= 0.6 is 0 Å². The summed E-state index contributed by atoms with van der Waals surface area (Å²) >= 11 is 0. The Morgan fingerprint density at radius 2 is 1.57 bits per heavy atom. The van der Waals surface area contributed by atoms with Gasteiger partial charge in [0.15, 0.2) is 0 Å². The van der Waals surface area contributed by atoms with Crippen LogP contribution in [0.4, 0.5) is 5.69 Å². The lowest BCUT2D eigenvalue weighted by molar-refractivity contribution is -0.140. The van der Waals surface area contributed by atoms with E-state index < -0.39 is 28.5 Å². The number of anilines is 1. The molecule has 1 unspecified atom stereocenters. The summed E-state index contributed by atoms with van der Waals surface area (Å²) in [6.45, 7) is 6.33. The topological polar surface area (TPSA) is 105 Å². The molecular formula is C32H41N3O6S. The minimum absolute atomic E-state index is 0.0729. The van der Waals surface area contributed by atoms with Crippen molar-refractivity contribution in [1.29, 1.82) is 0 Å². The van der Waals surface area contributed by atoms with Crippen LogP contribution < -0.4 is 19.1 Å². The Hall–Kier alpha value is -4.05. The number of methoxy groups -OCH3 is 1. The molecule has 0 spiro atoms. The summed E-state index contributed by atoms with van der Waals surface area (Å²) in [5, 5.41) is 2.98. The molecule has 226 valence electrons. The van der Waals surface area contributed by atoms with Crippen molar-refractivity contribution in [2.45, 2.75) is 39.8 Å². The lowest BCUT2D eigenvalue weighted by Gasteiger charge is -2.33. The molecule has 0 saturated heterocycles. The predicted molar refractivity (Wildman–Crippen MR) is 165 cm³/mol. The summed E-state index contributed by atoms with van der Waals surface area (Å²) in [5.41, 5.74) is 1.93. The molecule has 0 heterocycles. The highest BCUT2D eigenvalue weighted by atomic mass is 32.2. The molecule has 0 aliphatic heterocycles. The van der Waals surface area contributed by atoms with Crippen LogP contribution in [0.1, 0.15) is 31.9 Å². The fourth-order valence-electron chi connectivity index (χ4n) is 4.43. The van der Waals surface area contributed by atoms with Gasteiger partial charge in [-0.25, -0.2) is 8.42 Å². The fraction of sp³-hybridized carbons (Fsp3) is 0.375. The standard InChI is InChI=1S/C32H41N3O6S/c1-6-41-28-17-15-27(16-18-28)35(42(5,38)39)23-31(36)34(22-26-13-10-14-29(19-26)40-4)30(32(37)33-21-24(2)3)20-25-11-8-7-9-12-25/h7-19,24,30H,6,20-23H2,1-5H3,(H,33,37). The van der Waals surface area contributed by atoms with E-state index in [1.54, 1.807) is 43.5 Å². The Morgan fingerprint density at radius 3 is 2.17 bits per heavy atom. The molecule has 0 aliphatic rings. The van der Waals surface area contributed by atoms with Crippen molar-refractivity contribution in [2.24, 2.45) is 5.92 Å². The Morgan fingerprint density at radius 1 is 0.905 bits per heavy atom. The van der Waals surface area contributed by atoms with Crippen molar-refractivity contribution in [3.05, 3.63) is 90.0 Å². The van der Waals surface area contributed by atoms with Gasteiger partial charge in [0.05, 0.1) is 25.7 Å². The molecular weight excluding hydrogens is 554 g/mol. The Kier molecular flexibility index (Phi) is 11.8. The van der Waals surface area contributed by atoms with Crippen LogP contribution in [0, 0.1) is 5.92 Å². The van der Waals surface area contributed by atoms with Crippen LogP contribution in [0.15, 0.2) is 78.9 Å². The van der Waals surface area contributed by atoms with Crippen LogP contribution in [0.25, 0.3) is 0 Å². The van der Waals surface area contributed by atoms with Gasteiger partial charge in [0, 0.05) is 19.5 Å². The Balaban J connectivity index is 2.04. The number of rotatable bonds is 15. The minimum Gasteiger partial charge on any atom is -0.497 e. The molecule has 1 atom stereocenters. The molecule has 3 rings (SSSR count). The number of carbonyl (C=O) groups is 2. The van der Waals surface area contributed by atoms with Crippen molar-refractivity contribution in [1.82, 2.24) is 10.2 Å². The SMILES string of the molecule is CCOc1ccc(N(CC(=O)N(Cc2cccc(OC)c2)C(Cc2ccccc2)C(=O)NCC(C)C)S(C)(=O)=O)cc1. The molecule has 0 radical (unpaired) electrons. The van der Waals surface area contributed by atoms with Crippen molar-refractivity contribution in [3.8, 4) is 11.5 Å². The van der Waals surface area contributed by atoms with Gasteiger partial charge in [0.1, 0.15) is 24.1 Å². The number of nitrogens with one attached hydrogen (secondary N) is 1. The van der Waals surface area contributed by atoms with Gasteiger partial charge in [-0.3, -0.25) is 13.9 Å². The number of sulfonamides is 1. The number of hydrogen-bond acceptors (Lipinski definition) is 6. The zero-order chi connectivity index (χ0) is 30.7. The van der Waals surface area contributed by atoms with E-state index >= 15 is 0 Å². The molecule has 9 nitrogen and oxygen atoms in total. The average molecular weight is 596 g/mol. The molecule has 2 amide bonds. The molecule has 0 aromatic heterocycles. The quantitative estimate of drug-likeness (QED) is 0.281. The molecule has 0 aliphatic carbocycles. The number of nitrogens with zero attached hydrogens (tertiary/aromatic N) is 2. The normalized spacial score (nSPS) is 12.0. The van der Waals surface area contributed by atoms with E-state index in [9.17, 15) is 18.0 Å². The molecule has 0 saturated carbocycles. The molecule has 10 heteroatoms. The average Bonchev–Trinajstić information content (AvgIpc) is 2.97. The first-order valence-corrected chi connectivity index (χ1v) is 15.8. The second-order valence-electron chi connectivity index (χ2n) is 10.4. The minimum atomic E-state index is -3.86. The van der Waals surface area contributed by atoms with E-state index in [0.717, 1.165) is 21.7 Å². The van der Waals surface area contributed by atoms with Crippen molar-refractivity contribution < 1.29 is 27.5 Å². The zero-order valence-electron chi connectivity index (χ0n) is 24.9. The van der Waals surface area contributed by atoms with Gasteiger partial charge < -0.3 is 19.7 Å². The zero-order valence-corrected chi connectivity index (χ0v) is 25.8. The highest BCUT2D eigenvalue weighted by Crippen LogP contribution is 2.24. The van der Waals surface area contributed by atoms with E-state index in [1.807, 2.05) is 63.2 Å². The third-order valence-electron chi connectivity index (χ3n) is 6.56. The van der Waals surface area contributed by atoms with E-state index in [2.05, 4.69) is 5.32 Å². The number of carbonyl (C=O) groups excluding carboxylic acids is 2. The monoisotopic (exact) mass is 595 g/mol. The third-order valence-corrected chi connectivity index (χ3v) is 7.70. The molecule has 42 heavy (non-hydrogen) atoms. The van der Waals surface area contributed by atoms with E-state index in [1.165, 1.54) is 4.90 Å². The number of ether oxygens (including phenoxy) is 2. The van der Waals surface area contributed by atoms with Gasteiger partial charge >= 0.3 is 0 Å². The maximum Gasteiger partial charge on any atom is 0.244 e. The smallest absolute Gasteiger partial charge is 0.244 e. The highest BCUT2D eigenvalue weighted by molar-refractivity contribution is 7.92. The van der Waals surface area contributed by atoms with Gasteiger partial charge in [-0.05, 0) is 60.4 Å². The second-order valence-corrected chi connectivity index (χ2v) is 12.3. The summed E-state index contributed by atoms with van der Waals surface area (Å²) in [5.74, 6) is 0.573. The molecule has 3 aromatic carbocycles. The van der Waals surface area contributed by atoms with Crippen molar-refractivity contribution in [3.63, 3.8) is 0 Å². The maximum absolute atomic E-state index is 14.2. The number of benzene rings is 3. The van der Waals surface area contributed by atoms with Gasteiger partial charge in [-0.15, -0.1) is 0 Å². The highest BCUT2D eigenvalue weighted by Gasteiger charge is 2.33. The lowest BCUT2D eigenvalue weighted by atomic mass is 10.0. The maximum atomic E-state index is 14.2. The van der Waals surface area contributed by atoms with E-state index in [-0.39, 0.29) is 24.8 Å². The molecule has 0 fully saturated rings. The first kappa shape index (κ1) is 32.5. The third kappa shape index (κ3) is 9.51. The second kappa shape index (κ2) is 15.3. The van der Waals surface area contributed by atoms with E-state index in [0.29, 0.717) is 30.3 Å². The predicted octanol–water partition coefficient (Wildman–Crippen LogP) is 4.27. The van der Waals surface area contributed by atoms with Gasteiger partial charge in [0.25, 0.3) is 0 Å². The number of hydrogen-bond donors (Lipinski definition) is 1. The lowest BCUT2D eigenvalue weighted by Crippen LogP contribution is -2.53. The van der Waals surface area contributed by atoms with Gasteiger partial charge in [-0.1, -0.05) is 56.3 Å². The molecule has 3 aromatic rings. The first-order valence-electron chi connectivity index (χ1n) is 14.0. The fourth-order valence-corrected chi connectivity index (χ4v) is 5.28. The summed E-state index contributed by atoms with van der Waals surface area (Å²) in [6.07, 6.45) is 1.31.